The molecule has 7 nitrogen and oxygen atoms in total. The lowest BCUT2D eigenvalue weighted by atomic mass is 10.2. The number of rotatable bonds is 5. The van der Waals surface area contributed by atoms with Gasteiger partial charge in [0.1, 0.15) is 12.4 Å². The van der Waals surface area contributed by atoms with Crippen LogP contribution in [0.3, 0.4) is 0 Å². The number of amides is 3. The minimum atomic E-state index is -0.465. The average Bonchev–Trinajstić information content (AvgIpc) is 3.30. The highest BCUT2D eigenvalue weighted by molar-refractivity contribution is 7.14. The summed E-state index contributed by atoms with van der Waals surface area (Å²) in [7, 11) is 0. The summed E-state index contributed by atoms with van der Waals surface area (Å²) in [6.07, 6.45) is 3.37. The molecule has 1 aromatic carbocycles. The fourth-order valence-electron chi connectivity index (χ4n) is 2.93. The monoisotopic (exact) mass is 397 g/mol. The summed E-state index contributed by atoms with van der Waals surface area (Å²) in [6.45, 7) is 0.556. The third kappa shape index (κ3) is 3.70. The Labute approximate surface area is 164 Å². The van der Waals surface area contributed by atoms with E-state index in [9.17, 15) is 14.0 Å². The number of para-hydroxylation sites is 1. The predicted molar refractivity (Wildman–Crippen MR) is 105 cm³/mol. The third-order valence-electron chi connectivity index (χ3n) is 4.28. The van der Waals surface area contributed by atoms with E-state index in [0.29, 0.717) is 18.2 Å². The molecule has 9 heteroatoms. The third-order valence-corrected chi connectivity index (χ3v) is 5.04. The van der Waals surface area contributed by atoms with Crippen molar-refractivity contribution in [2.75, 3.05) is 29.9 Å². The second-order valence-corrected chi connectivity index (χ2v) is 6.99. The Kier molecular flexibility index (Phi) is 4.98. The van der Waals surface area contributed by atoms with E-state index in [1.54, 1.807) is 30.6 Å². The largest absolute Gasteiger partial charge is 0.325 e. The average molecular weight is 397 g/mol. The molecule has 0 atom stereocenters. The summed E-state index contributed by atoms with van der Waals surface area (Å²) >= 11 is 1.30. The molecule has 1 N–H and O–H groups in total. The van der Waals surface area contributed by atoms with Gasteiger partial charge in [0.25, 0.3) is 0 Å². The number of carbonyl (C=O) groups excluding carboxylic acids is 2. The zero-order valence-electron chi connectivity index (χ0n) is 14.7. The molecule has 0 unspecified atom stereocenters. The highest BCUT2D eigenvalue weighted by Crippen LogP contribution is 2.25. The number of hydrogen-bond acceptors (Lipinski definition) is 5. The first-order valence-electron chi connectivity index (χ1n) is 8.58. The van der Waals surface area contributed by atoms with E-state index >= 15 is 0 Å². The van der Waals surface area contributed by atoms with Crippen molar-refractivity contribution in [1.82, 2.24) is 14.9 Å². The summed E-state index contributed by atoms with van der Waals surface area (Å²) in [6, 6.07) is 9.39. The van der Waals surface area contributed by atoms with Crippen LogP contribution >= 0.6 is 11.3 Å². The molecular weight excluding hydrogens is 381 g/mol. The minimum absolute atomic E-state index is 0.119. The molecule has 1 saturated heterocycles. The van der Waals surface area contributed by atoms with E-state index in [1.165, 1.54) is 27.2 Å². The Morgan fingerprint density at radius 3 is 2.86 bits per heavy atom. The van der Waals surface area contributed by atoms with Gasteiger partial charge in [-0.05, 0) is 24.3 Å². The van der Waals surface area contributed by atoms with Crippen molar-refractivity contribution >= 4 is 34.1 Å². The molecule has 1 aliphatic heterocycles. The lowest BCUT2D eigenvalue weighted by Crippen LogP contribution is -2.37. The normalized spacial score (nSPS) is 13.8. The molecule has 2 aromatic heterocycles. The van der Waals surface area contributed by atoms with E-state index in [0.717, 1.165) is 11.3 Å². The summed E-state index contributed by atoms with van der Waals surface area (Å²) in [5.74, 6) is -0.816. The van der Waals surface area contributed by atoms with Gasteiger partial charge in [0.05, 0.1) is 11.4 Å². The van der Waals surface area contributed by atoms with Crippen LogP contribution in [0, 0.1) is 5.82 Å². The molecule has 0 saturated carbocycles. The number of thiazole rings is 1. The molecule has 142 valence electrons. The van der Waals surface area contributed by atoms with Crippen molar-refractivity contribution in [3.8, 4) is 11.3 Å². The summed E-state index contributed by atoms with van der Waals surface area (Å²) in [4.78, 5) is 36.0. The summed E-state index contributed by atoms with van der Waals surface area (Å²) in [5, 5.41) is 4.98. The molecule has 1 fully saturated rings. The Balaban J connectivity index is 1.38. The van der Waals surface area contributed by atoms with Crippen LogP contribution in [0.4, 0.5) is 20.0 Å². The lowest BCUT2D eigenvalue weighted by molar-refractivity contribution is -0.116. The van der Waals surface area contributed by atoms with Gasteiger partial charge in [-0.3, -0.25) is 14.7 Å². The van der Waals surface area contributed by atoms with Crippen LogP contribution in [-0.4, -0.2) is 46.4 Å². The number of pyridine rings is 1. The van der Waals surface area contributed by atoms with E-state index in [2.05, 4.69) is 15.3 Å². The molecule has 4 rings (SSSR count). The van der Waals surface area contributed by atoms with Crippen molar-refractivity contribution in [1.29, 1.82) is 0 Å². The maximum Gasteiger partial charge on any atom is 0.325 e. The van der Waals surface area contributed by atoms with E-state index in [-0.39, 0.29) is 18.1 Å². The number of aromatic nitrogens is 2. The van der Waals surface area contributed by atoms with E-state index in [4.69, 9.17) is 0 Å². The quantitative estimate of drug-likeness (QED) is 0.717. The van der Waals surface area contributed by atoms with Crippen molar-refractivity contribution in [3.05, 3.63) is 60.0 Å². The zero-order chi connectivity index (χ0) is 19.5. The molecule has 0 aliphatic carbocycles. The molecule has 0 bridgehead atoms. The molecule has 1 aliphatic rings. The van der Waals surface area contributed by atoms with Gasteiger partial charge in [-0.25, -0.2) is 14.2 Å². The highest BCUT2D eigenvalue weighted by Gasteiger charge is 2.32. The zero-order valence-corrected chi connectivity index (χ0v) is 15.5. The van der Waals surface area contributed by atoms with Gasteiger partial charge in [-0.1, -0.05) is 12.1 Å². The van der Waals surface area contributed by atoms with E-state index in [1.807, 2.05) is 17.5 Å². The standard InChI is InChI=1S/C19H16FN5O2S/c20-14-5-1-2-6-16(14)25-9-8-24(19(25)27)11-17(26)23-18-22-15(12-28-18)13-4-3-7-21-10-13/h1-7,10,12H,8-9,11H2,(H,22,23,26). The van der Waals surface area contributed by atoms with Gasteiger partial charge in [0.15, 0.2) is 5.13 Å². The fraction of sp³-hybridized carbons (Fsp3) is 0.158. The smallest absolute Gasteiger partial charge is 0.313 e. The van der Waals surface area contributed by atoms with Crippen LogP contribution in [0.25, 0.3) is 11.3 Å². The van der Waals surface area contributed by atoms with Crippen molar-refractivity contribution in [2.45, 2.75) is 0 Å². The topological polar surface area (TPSA) is 78.4 Å². The Morgan fingerprint density at radius 2 is 2.07 bits per heavy atom. The molecule has 3 aromatic rings. The SMILES string of the molecule is O=C(CN1CCN(c2ccccc2F)C1=O)Nc1nc(-c2cccnc2)cs1. The predicted octanol–water partition coefficient (Wildman–Crippen LogP) is 3.22. The number of urea groups is 1. The number of anilines is 2. The maximum absolute atomic E-state index is 13.9. The van der Waals surface area contributed by atoms with Gasteiger partial charge >= 0.3 is 6.03 Å². The molecule has 3 heterocycles. The highest BCUT2D eigenvalue weighted by atomic mass is 32.1. The first kappa shape index (κ1) is 18.1. The van der Waals surface area contributed by atoms with Gasteiger partial charge in [-0.2, -0.15) is 0 Å². The Hall–Kier alpha value is -3.33. The van der Waals surface area contributed by atoms with Crippen LogP contribution in [0.2, 0.25) is 0 Å². The van der Waals surface area contributed by atoms with Crippen LogP contribution < -0.4 is 10.2 Å². The number of hydrogen-bond donors (Lipinski definition) is 1. The number of nitrogens with one attached hydrogen (secondary N) is 1. The maximum atomic E-state index is 13.9. The molecule has 0 radical (unpaired) electrons. The first-order valence-corrected chi connectivity index (χ1v) is 9.46. The van der Waals surface area contributed by atoms with Gasteiger partial charge < -0.3 is 10.2 Å². The minimum Gasteiger partial charge on any atom is -0.313 e. The van der Waals surface area contributed by atoms with Crippen LogP contribution in [0.15, 0.2) is 54.2 Å². The Morgan fingerprint density at radius 1 is 1.21 bits per heavy atom. The van der Waals surface area contributed by atoms with Crippen LogP contribution in [-0.2, 0) is 4.79 Å². The number of carbonyl (C=O) groups is 2. The number of halogens is 1. The van der Waals surface area contributed by atoms with Gasteiger partial charge in [0.2, 0.25) is 5.91 Å². The second-order valence-electron chi connectivity index (χ2n) is 6.13. The summed E-state index contributed by atoms with van der Waals surface area (Å²) < 4.78 is 13.9. The summed E-state index contributed by atoms with van der Waals surface area (Å²) in [5.41, 5.74) is 1.79. The van der Waals surface area contributed by atoms with E-state index < -0.39 is 11.8 Å². The first-order chi connectivity index (χ1) is 13.6. The molecule has 3 amide bonds. The number of benzene rings is 1. The molecule has 28 heavy (non-hydrogen) atoms. The van der Waals surface area contributed by atoms with Crippen LogP contribution in [0.5, 0.6) is 0 Å². The van der Waals surface area contributed by atoms with Crippen molar-refractivity contribution in [3.63, 3.8) is 0 Å². The van der Waals surface area contributed by atoms with Crippen molar-refractivity contribution < 1.29 is 14.0 Å². The fourth-order valence-corrected chi connectivity index (χ4v) is 3.67. The molecular formula is C19H16FN5O2S. The number of nitrogens with zero attached hydrogens (tertiary/aromatic N) is 4. The Bertz CT molecular complexity index is 1010. The lowest BCUT2D eigenvalue weighted by Gasteiger charge is -2.18. The van der Waals surface area contributed by atoms with Gasteiger partial charge in [-0.15, -0.1) is 11.3 Å². The molecule has 0 spiro atoms. The van der Waals surface area contributed by atoms with Gasteiger partial charge in [0, 0.05) is 36.4 Å². The second kappa shape index (κ2) is 7.73. The van der Waals surface area contributed by atoms with Crippen molar-refractivity contribution in [2.24, 2.45) is 0 Å². The van der Waals surface area contributed by atoms with Crippen LogP contribution in [0.1, 0.15) is 0 Å².